The maximum Gasteiger partial charge on any atom is 0.257 e. The zero-order valence-corrected chi connectivity index (χ0v) is 14.0. The van der Waals surface area contributed by atoms with Crippen LogP contribution in [0.4, 0.5) is 10.1 Å². The van der Waals surface area contributed by atoms with Crippen molar-refractivity contribution in [2.45, 2.75) is 0 Å². The minimum absolute atomic E-state index is 0.0448. The zero-order valence-electron chi connectivity index (χ0n) is 13.2. The SMILES string of the molecule is CN(C)C(=O)c1ccccc1NC(=S)NC(=O)c1ccc(F)cc1. The van der Waals surface area contributed by atoms with Gasteiger partial charge in [0.05, 0.1) is 11.3 Å². The van der Waals surface area contributed by atoms with Crippen molar-refractivity contribution in [1.29, 1.82) is 0 Å². The van der Waals surface area contributed by atoms with Crippen molar-refractivity contribution in [1.82, 2.24) is 10.2 Å². The van der Waals surface area contributed by atoms with Crippen LogP contribution in [0.1, 0.15) is 20.7 Å². The molecule has 0 aliphatic heterocycles. The monoisotopic (exact) mass is 345 g/mol. The van der Waals surface area contributed by atoms with Crippen LogP contribution in [-0.4, -0.2) is 35.9 Å². The minimum atomic E-state index is -0.469. The molecule has 0 aromatic heterocycles. The van der Waals surface area contributed by atoms with Gasteiger partial charge < -0.3 is 10.2 Å². The molecule has 24 heavy (non-hydrogen) atoms. The molecule has 0 saturated carbocycles. The first-order valence-corrected chi connectivity index (χ1v) is 7.48. The lowest BCUT2D eigenvalue weighted by Gasteiger charge is -2.16. The Labute approximate surface area is 144 Å². The van der Waals surface area contributed by atoms with Gasteiger partial charge >= 0.3 is 0 Å². The van der Waals surface area contributed by atoms with E-state index in [9.17, 15) is 14.0 Å². The molecule has 0 radical (unpaired) electrons. The second kappa shape index (κ2) is 7.65. The van der Waals surface area contributed by atoms with E-state index >= 15 is 0 Å². The number of halogens is 1. The van der Waals surface area contributed by atoms with Gasteiger partial charge in [-0.05, 0) is 48.6 Å². The Bertz CT molecular complexity index is 776. The summed E-state index contributed by atoms with van der Waals surface area (Å²) in [6, 6.07) is 11.9. The van der Waals surface area contributed by atoms with Crippen molar-refractivity contribution in [3.8, 4) is 0 Å². The van der Waals surface area contributed by atoms with Crippen LogP contribution >= 0.6 is 12.2 Å². The molecule has 0 unspecified atom stereocenters. The number of carbonyl (C=O) groups is 2. The average molecular weight is 345 g/mol. The summed E-state index contributed by atoms with van der Waals surface area (Å²) in [5.41, 5.74) is 1.19. The largest absolute Gasteiger partial charge is 0.345 e. The van der Waals surface area contributed by atoms with E-state index in [4.69, 9.17) is 12.2 Å². The summed E-state index contributed by atoms with van der Waals surface area (Å²) in [5, 5.41) is 5.37. The van der Waals surface area contributed by atoms with Gasteiger partial charge in [-0.3, -0.25) is 14.9 Å². The van der Waals surface area contributed by atoms with Crippen molar-refractivity contribution in [3.63, 3.8) is 0 Å². The molecular formula is C17H16FN3O2S. The number of anilines is 1. The molecule has 0 aliphatic rings. The van der Waals surface area contributed by atoms with Crippen molar-refractivity contribution >= 4 is 34.8 Å². The summed E-state index contributed by atoms with van der Waals surface area (Å²) >= 11 is 5.11. The summed E-state index contributed by atoms with van der Waals surface area (Å²) in [4.78, 5) is 25.6. The molecule has 2 aromatic rings. The van der Waals surface area contributed by atoms with Crippen LogP contribution in [0.3, 0.4) is 0 Å². The molecule has 0 heterocycles. The zero-order chi connectivity index (χ0) is 17.7. The van der Waals surface area contributed by atoms with Crippen molar-refractivity contribution in [2.24, 2.45) is 0 Å². The molecule has 2 rings (SSSR count). The number of amides is 2. The molecule has 0 atom stereocenters. The summed E-state index contributed by atoms with van der Waals surface area (Å²) in [5.74, 6) is -1.09. The Kier molecular flexibility index (Phi) is 5.59. The molecule has 2 aromatic carbocycles. The van der Waals surface area contributed by atoms with Gasteiger partial charge in [0.15, 0.2) is 5.11 Å². The fourth-order valence-corrected chi connectivity index (χ4v) is 2.15. The molecule has 7 heteroatoms. The van der Waals surface area contributed by atoms with E-state index in [-0.39, 0.29) is 16.6 Å². The van der Waals surface area contributed by atoms with Crippen LogP contribution in [0.5, 0.6) is 0 Å². The van der Waals surface area contributed by atoms with E-state index < -0.39 is 11.7 Å². The molecule has 2 N–H and O–H groups in total. The molecule has 0 fully saturated rings. The van der Waals surface area contributed by atoms with Gasteiger partial charge in [0.25, 0.3) is 11.8 Å². The van der Waals surface area contributed by atoms with Crippen LogP contribution in [0.2, 0.25) is 0 Å². The molecule has 0 spiro atoms. The van der Waals surface area contributed by atoms with Crippen LogP contribution in [0.25, 0.3) is 0 Å². The maximum atomic E-state index is 12.9. The van der Waals surface area contributed by atoms with Crippen LogP contribution in [0.15, 0.2) is 48.5 Å². The molecule has 0 bridgehead atoms. The highest BCUT2D eigenvalue weighted by Gasteiger charge is 2.14. The number of nitrogens with one attached hydrogen (secondary N) is 2. The minimum Gasteiger partial charge on any atom is -0.345 e. The summed E-state index contributed by atoms with van der Waals surface area (Å²) in [7, 11) is 3.29. The number of nitrogens with zero attached hydrogens (tertiary/aromatic N) is 1. The second-order valence-electron chi connectivity index (χ2n) is 5.16. The van der Waals surface area contributed by atoms with Gasteiger partial charge in [0.2, 0.25) is 0 Å². The Morgan fingerprint density at radius 2 is 1.67 bits per heavy atom. The third-order valence-corrected chi connectivity index (χ3v) is 3.35. The highest BCUT2D eigenvalue weighted by molar-refractivity contribution is 7.80. The van der Waals surface area contributed by atoms with Gasteiger partial charge in [-0.2, -0.15) is 0 Å². The van der Waals surface area contributed by atoms with E-state index in [1.165, 1.54) is 29.2 Å². The lowest BCUT2D eigenvalue weighted by Crippen LogP contribution is -2.35. The van der Waals surface area contributed by atoms with Crippen molar-refractivity contribution in [3.05, 3.63) is 65.5 Å². The van der Waals surface area contributed by atoms with Gasteiger partial charge in [-0.25, -0.2) is 4.39 Å². The number of hydrogen-bond acceptors (Lipinski definition) is 3. The quantitative estimate of drug-likeness (QED) is 0.840. The second-order valence-corrected chi connectivity index (χ2v) is 5.57. The number of benzene rings is 2. The Balaban J connectivity index is 2.09. The molecule has 5 nitrogen and oxygen atoms in total. The van der Waals surface area contributed by atoms with Crippen LogP contribution in [-0.2, 0) is 0 Å². The first kappa shape index (κ1) is 17.6. The predicted molar refractivity (Wildman–Crippen MR) is 94.5 cm³/mol. The number of carbonyl (C=O) groups excluding carboxylic acids is 2. The maximum absolute atomic E-state index is 12.9. The van der Waals surface area contributed by atoms with E-state index in [0.29, 0.717) is 11.3 Å². The Morgan fingerprint density at radius 1 is 1.04 bits per heavy atom. The first-order chi connectivity index (χ1) is 11.4. The van der Waals surface area contributed by atoms with Gasteiger partial charge in [-0.1, -0.05) is 12.1 Å². The van der Waals surface area contributed by atoms with Crippen molar-refractivity contribution < 1.29 is 14.0 Å². The number of hydrogen-bond donors (Lipinski definition) is 2. The van der Waals surface area contributed by atoms with Gasteiger partial charge in [-0.15, -0.1) is 0 Å². The Morgan fingerprint density at radius 3 is 2.29 bits per heavy atom. The third kappa shape index (κ3) is 4.36. The highest BCUT2D eigenvalue weighted by atomic mass is 32.1. The average Bonchev–Trinajstić information content (AvgIpc) is 2.55. The summed E-state index contributed by atoms with van der Waals surface area (Å²) in [6.07, 6.45) is 0. The molecule has 0 saturated heterocycles. The fourth-order valence-electron chi connectivity index (χ4n) is 1.95. The molecule has 0 aliphatic carbocycles. The smallest absolute Gasteiger partial charge is 0.257 e. The predicted octanol–water partition coefficient (Wildman–Crippen LogP) is 2.65. The number of thiocarbonyl (C=S) groups is 1. The first-order valence-electron chi connectivity index (χ1n) is 7.07. The van der Waals surface area contributed by atoms with Crippen LogP contribution in [0, 0.1) is 5.82 Å². The van der Waals surface area contributed by atoms with E-state index in [2.05, 4.69) is 10.6 Å². The Hall–Kier alpha value is -2.80. The standard InChI is InChI=1S/C17H16FN3O2S/c1-21(2)16(23)13-5-3-4-6-14(13)19-17(24)20-15(22)11-7-9-12(18)10-8-11/h3-10H,1-2H3,(H2,19,20,22,24). The highest BCUT2D eigenvalue weighted by Crippen LogP contribution is 2.16. The lowest BCUT2D eigenvalue weighted by atomic mass is 10.1. The van der Waals surface area contributed by atoms with E-state index in [0.717, 1.165) is 0 Å². The van der Waals surface area contributed by atoms with E-state index in [1.807, 2.05) is 0 Å². The number of para-hydroxylation sites is 1. The van der Waals surface area contributed by atoms with E-state index in [1.54, 1.807) is 38.4 Å². The lowest BCUT2D eigenvalue weighted by molar-refractivity contribution is 0.0828. The van der Waals surface area contributed by atoms with Gasteiger partial charge in [0.1, 0.15) is 5.82 Å². The molecular weight excluding hydrogens is 329 g/mol. The van der Waals surface area contributed by atoms with Crippen molar-refractivity contribution in [2.75, 3.05) is 19.4 Å². The van der Waals surface area contributed by atoms with Gasteiger partial charge in [0, 0.05) is 19.7 Å². The molecule has 124 valence electrons. The summed E-state index contributed by atoms with van der Waals surface area (Å²) in [6.45, 7) is 0. The topological polar surface area (TPSA) is 61.4 Å². The number of rotatable bonds is 3. The van der Waals surface area contributed by atoms with Crippen LogP contribution < -0.4 is 10.6 Å². The summed E-state index contributed by atoms with van der Waals surface area (Å²) < 4.78 is 12.9. The normalized spacial score (nSPS) is 9.96. The fraction of sp³-hybridized carbons (Fsp3) is 0.118. The molecule has 2 amide bonds. The third-order valence-electron chi connectivity index (χ3n) is 3.15.